The smallest absolute Gasteiger partial charge is 0.317 e. The Kier molecular flexibility index (Phi) is 8.04. The summed E-state index contributed by atoms with van der Waals surface area (Å²) >= 11 is 0. The number of aryl methyl sites for hydroxylation is 1. The SMILES string of the molecule is COc1cc(N2CCN(C(=O)NC34CC5CC(CC(C5)C3)C4)CC2)ncc1Nc1ncc2c(C)cc(=O)n(-c3cccc(NC(=O)C4CC4)c3)c2n1. The number of benzene rings is 1. The number of anilines is 4. The first kappa shape index (κ1) is 32.7. The number of amides is 3. The first-order valence-corrected chi connectivity index (χ1v) is 18.7. The lowest BCUT2D eigenvalue weighted by atomic mass is 9.53. The van der Waals surface area contributed by atoms with Crippen LogP contribution in [0, 0.1) is 30.6 Å². The van der Waals surface area contributed by atoms with Crippen molar-refractivity contribution in [3.05, 3.63) is 64.7 Å². The lowest BCUT2D eigenvalue weighted by Gasteiger charge is -2.57. The minimum absolute atomic E-state index is 0.00210. The number of carbonyl (C=O) groups is 2. The zero-order valence-corrected chi connectivity index (χ0v) is 29.7. The molecule has 13 nitrogen and oxygen atoms in total. The zero-order valence-electron chi connectivity index (χ0n) is 29.7. The van der Waals surface area contributed by atoms with Gasteiger partial charge in [-0.25, -0.2) is 14.8 Å². The van der Waals surface area contributed by atoms with Crippen LogP contribution in [0.1, 0.15) is 56.9 Å². The molecule has 0 atom stereocenters. The van der Waals surface area contributed by atoms with Crippen molar-refractivity contribution in [3.63, 3.8) is 0 Å². The Balaban J connectivity index is 0.899. The fraction of sp³-hybridized carbons (Fsp3) is 0.487. The highest BCUT2D eigenvalue weighted by atomic mass is 16.5. The van der Waals surface area contributed by atoms with Gasteiger partial charge in [0.25, 0.3) is 5.56 Å². The lowest BCUT2D eigenvalue weighted by Crippen LogP contribution is -2.63. The summed E-state index contributed by atoms with van der Waals surface area (Å²) in [5.41, 5.74) is 2.74. The highest BCUT2D eigenvalue weighted by Gasteiger charge is 2.52. The predicted octanol–water partition coefficient (Wildman–Crippen LogP) is 5.39. The van der Waals surface area contributed by atoms with Crippen LogP contribution in [0.3, 0.4) is 0 Å². The van der Waals surface area contributed by atoms with Crippen molar-refractivity contribution < 1.29 is 14.3 Å². The normalized spacial score (nSPS) is 24.9. The molecule has 6 aliphatic rings. The van der Waals surface area contributed by atoms with Crippen molar-refractivity contribution in [2.45, 2.75) is 63.8 Å². The average molecular weight is 704 g/mol. The molecule has 1 aliphatic heterocycles. The third-order valence-electron chi connectivity index (χ3n) is 11.9. The molecule has 3 aromatic heterocycles. The molecule has 13 heteroatoms. The lowest BCUT2D eigenvalue weighted by molar-refractivity contribution is -0.117. The van der Waals surface area contributed by atoms with E-state index in [1.54, 1.807) is 31.6 Å². The van der Waals surface area contributed by atoms with E-state index in [0.29, 0.717) is 54.6 Å². The van der Waals surface area contributed by atoms with Gasteiger partial charge in [-0.05, 0) is 99.8 Å². The predicted molar refractivity (Wildman–Crippen MR) is 199 cm³/mol. The maximum Gasteiger partial charge on any atom is 0.317 e. The van der Waals surface area contributed by atoms with Gasteiger partial charge in [-0.1, -0.05) is 6.07 Å². The highest BCUT2D eigenvalue weighted by molar-refractivity contribution is 5.94. The molecule has 3 amide bonds. The van der Waals surface area contributed by atoms with E-state index in [0.717, 1.165) is 66.6 Å². The average Bonchev–Trinajstić information content (AvgIpc) is 3.98. The molecule has 270 valence electrons. The molecule has 1 aromatic carbocycles. The van der Waals surface area contributed by atoms with Crippen LogP contribution in [-0.4, -0.2) is 75.2 Å². The quantitative estimate of drug-likeness (QED) is 0.220. The molecule has 5 aliphatic carbocycles. The molecule has 52 heavy (non-hydrogen) atoms. The van der Waals surface area contributed by atoms with Crippen molar-refractivity contribution in [2.75, 3.05) is 48.8 Å². The Bertz CT molecular complexity index is 2090. The number of methoxy groups -OCH3 is 1. The van der Waals surface area contributed by atoms with Gasteiger partial charge in [0.15, 0.2) is 5.65 Å². The minimum Gasteiger partial charge on any atom is -0.494 e. The van der Waals surface area contributed by atoms with Crippen LogP contribution in [0.5, 0.6) is 5.75 Å². The number of hydrogen-bond acceptors (Lipinski definition) is 9. The molecule has 0 spiro atoms. The largest absolute Gasteiger partial charge is 0.494 e. The van der Waals surface area contributed by atoms with Gasteiger partial charge < -0.3 is 30.5 Å². The summed E-state index contributed by atoms with van der Waals surface area (Å²) in [6.07, 6.45) is 12.7. The van der Waals surface area contributed by atoms with Crippen molar-refractivity contribution in [2.24, 2.45) is 23.7 Å². The van der Waals surface area contributed by atoms with Crippen molar-refractivity contribution in [1.82, 2.24) is 29.7 Å². The minimum atomic E-state index is -0.241. The number of aromatic nitrogens is 4. The number of rotatable bonds is 8. The molecule has 4 heterocycles. The number of carbonyl (C=O) groups excluding carboxylic acids is 2. The van der Waals surface area contributed by atoms with Gasteiger partial charge in [0.2, 0.25) is 11.9 Å². The molecule has 0 radical (unpaired) electrons. The molecule has 3 N–H and O–H groups in total. The van der Waals surface area contributed by atoms with Crippen LogP contribution in [0.2, 0.25) is 0 Å². The number of pyridine rings is 2. The second-order valence-electron chi connectivity index (χ2n) is 15.7. The summed E-state index contributed by atoms with van der Waals surface area (Å²) < 4.78 is 7.31. The Morgan fingerprint density at radius 2 is 1.65 bits per heavy atom. The maximum atomic E-state index is 13.4. The first-order chi connectivity index (χ1) is 25.2. The van der Waals surface area contributed by atoms with Crippen LogP contribution in [0.15, 0.2) is 53.6 Å². The molecule has 0 unspecified atom stereocenters. The van der Waals surface area contributed by atoms with Crippen LogP contribution in [0.4, 0.5) is 27.9 Å². The van der Waals surface area contributed by atoms with E-state index < -0.39 is 0 Å². The van der Waals surface area contributed by atoms with E-state index in [1.165, 1.54) is 23.8 Å². The van der Waals surface area contributed by atoms with Crippen molar-refractivity contribution in [1.29, 1.82) is 0 Å². The topological polar surface area (TPSA) is 147 Å². The Hall–Kier alpha value is -5.20. The monoisotopic (exact) mass is 703 g/mol. The number of urea groups is 1. The van der Waals surface area contributed by atoms with Crippen LogP contribution in [-0.2, 0) is 4.79 Å². The summed E-state index contributed by atoms with van der Waals surface area (Å²) in [6.45, 7) is 4.47. The summed E-state index contributed by atoms with van der Waals surface area (Å²) in [5, 5.41) is 10.5. The van der Waals surface area contributed by atoms with Crippen molar-refractivity contribution >= 4 is 46.1 Å². The van der Waals surface area contributed by atoms with E-state index in [4.69, 9.17) is 14.7 Å². The van der Waals surface area contributed by atoms with Gasteiger partial charge in [0, 0.05) is 67.0 Å². The van der Waals surface area contributed by atoms with Gasteiger partial charge in [0.05, 0.1) is 19.0 Å². The molecule has 4 aromatic rings. The number of nitrogens with zero attached hydrogens (tertiary/aromatic N) is 6. The van der Waals surface area contributed by atoms with Gasteiger partial charge in [0.1, 0.15) is 17.3 Å². The molecule has 1 saturated heterocycles. The fourth-order valence-electron chi connectivity index (χ4n) is 9.57. The van der Waals surface area contributed by atoms with E-state index in [-0.39, 0.29) is 34.9 Å². The highest BCUT2D eigenvalue weighted by Crippen LogP contribution is 2.55. The molecule has 4 bridgehead atoms. The third-order valence-corrected chi connectivity index (χ3v) is 11.9. The molecule has 6 fully saturated rings. The summed E-state index contributed by atoms with van der Waals surface area (Å²) in [7, 11) is 1.61. The standard InChI is InChI=1S/C39H45N9O4/c1-23-12-34(49)48(29-5-3-4-28(16-29)42-36(50)27-6-7-27)35-30(23)21-41-37(44-35)43-31-22-40-33(17-32(31)52-2)46-8-10-47(11-9-46)38(51)45-39-18-24-13-25(19-39)15-26(14-24)20-39/h3-5,12,16-17,21-22,24-27H,6-11,13-15,18-20H2,1-2H3,(H,42,50)(H,45,51)(H,41,43,44). The second-order valence-corrected chi connectivity index (χ2v) is 15.7. The van der Waals surface area contributed by atoms with E-state index >= 15 is 0 Å². The molecular formula is C39H45N9O4. The number of ether oxygens (including phenoxy) is 1. The maximum absolute atomic E-state index is 13.4. The van der Waals surface area contributed by atoms with Crippen LogP contribution in [0.25, 0.3) is 16.7 Å². The molecule has 10 rings (SSSR count). The number of hydrogen-bond donors (Lipinski definition) is 3. The van der Waals surface area contributed by atoms with Crippen molar-refractivity contribution in [3.8, 4) is 11.4 Å². The molecule has 5 saturated carbocycles. The summed E-state index contributed by atoms with van der Waals surface area (Å²) in [5.74, 6) is 4.03. The number of fused-ring (bicyclic) bond motifs is 1. The van der Waals surface area contributed by atoms with Gasteiger partial charge in [-0.2, -0.15) is 4.98 Å². The third kappa shape index (κ3) is 6.19. The first-order valence-electron chi connectivity index (χ1n) is 18.7. The van der Waals surface area contributed by atoms with Crippen LogP contribution >= 0.6 is 0 Å². The summed E-state index contributed by atoms with van der Waals surface area (Å²) in [6, 6.07) is 10.8. The number of nitrogens with one attached hydrogen (secondary N) is 3. The Morgan fingerprint density at radius 3 is 2.35 bits per heavy atom. The second kappa shape index (κ2) is 12.8. The van der Waals surface area contributed by atoms with Gasteiger partial charge >= 0.3 is 6.03 Å². The zero-order chi connectivity index (χ0) is 35.6. The van der Waals surface area contributed by atoms with E-state index in [9.17, 15) is 14.4 Å². The van der Waals surface area contributed by atoms with Crippen LogP contribution < -0.4 is 31.1 Å². The van der Waals surface area contributed by atoms with E-state index in [2.05, 4.69) is 25.8 Å². The van der Waals surface area contributed by atoms with Gasteiger partial charge in [-0.3, -0.25) is 14.2 Å². The van der Waals surface area contributed by atoms with Gasteiger partial charge in [-0.15, -0.1) is 0 Å². The summed E-state index contributed by atoms with van der Waals surface area (Å²) in [4.78, 5) is 57.5. The Morgan fingerprint density at radius 1 is 0.923 bits per heavy atom. The number of piperazine rings is 1. The fourth-order valence-corrected chi connectivity index (χ4v) is 9.57. The van der Waals surface area contributed by atoms with E-state index in [1.807, 2.05) is 36.1 Å². The Labute approximate surface area is 302 Å². The molecular weight excluding hydrogens is 658 g/mol.